The van der Waals surface area contributed by atoms with E-state index in [0.717, 1.165) is 26.6 Å². The lowest BCUT2D eigenvalue weighted by molar-refractivity contribution is -0.140. The molecule has 0 fully saturated rings. The quantitative estimate of drug-likeness (QED) is 0.163. The van der Waals surface area contributed by atoms with E-state index in [-0.39, 0.29) is 35.4 Å². The minimum absolute atomic E-state index is 0.0271. The lowest BCUT2D eigenvalue weighted by Crippen LogP contribution is -2.53. The number of rotatable bonds is 14. The highest BCUT2D eigenvalue weighted by Gasteiger charge is 2.35. The van der Waals surface area contributed by atoms with E-state index in [1.165, 1.54) is 24.1 Å². The monoisotopic (exact) mass is 675 g/mol. The molecule has 0 aliphatic rings. The first-order chi connectivity index (χ1) is 22.4. The van der Waals surface area contributed by atoms with Crippen LogP contribution in [0.25, 0.3) is 0 Å². The molecule has 1 atom stereocenters. The maximum Gasteiger partial charge on any atom is 0.264 e. The molecule has 47 heavy (non-hydrogen) atoms. The average molecular weight is 676 g/mol. The Morgan fingerprint density at radius 1 is 0.851 bits per heavy atom. The van der Waals surface area contributed by atoms with Crippen molar-refractivity contribution < 1.29 is 22.7 Å². The second-order valence-corrected chi connectivity index (χ2v) is 14.3. The minimum Gasteiger partial charge on any atom is -0.495 e. The third-order valence-electron chi connectivity index (χ3n) is 7.71. The molecule has 0 bridgehead atoms. The zero-order valence-electron chi connectivity index (χ0n) is 27.4. The summed E-state index contributed by atoms with van der Waals surface area (Å²) in [6.07, 6.45) is 0.225. The van der Waals surface area contributed by atoms with Crippen molar-refractivity contribution in [2.24, 2.45) is 5.92 Å². The minimum atomic E-state index is -4.27. The van der Waals surface area contributed by atoms with Crippen molar-refractivity contribution >= 4 is 39.1 Å². The van der Waals surface area contributed by atoms with Crippen molar-refractivity contribution in [2.75, 3.05) is 24.5 Å². The van der Waals surface area contributed by atoms with Gasteiger partial charge in [-0.2, -0.15) is 0 Å². The molecule has 10 heteroatoms. The number of carbonyl (C=O) groups is 2. The first-order valence-corrected chi connectivity index (χ1v) is 17.3. The molecule has 2 amide bonds. The summed E-state index contributed by atoms with van der Waals surface area (Å²) in [6.45, 7) is 7.58. The van der Waals surface area contributed by atoms with E-state index in [4.69, 9.17) is 16.3 Å². The summed E-state index contributed by atoms with van der Waals surface area (Å²) in [5, 5.41) is 3.53. The number of aryl methyl sites for hydroxylation is 2. The molecule has 1 N–H and O–H groups in total. The molecule has 0 saturated carbocycles. The van der Waals surface area contributed by atoms with Crippen molar-refractivity contribution in [1.82, 2.24) is 10.2 Å². The Morgan fingerprint density at radius 3 is 2.11 bits per heavy atom. The molecule has 4 rings (SSSR count). The Kier molecular flexibility index (Phi) is 12.1. The van der Waals surface area contributed by atoms with Crippen LogP contribution in [0.15, 0.2) is 102 Å². The van der Waals surface area contributed by atoms with Gasteiger partial charge in [-0.05, 0) is 72.9 Å². The maximum atomic E-state index is 14.7. The second-order valence-electron chi connectivity index (χ2n) is 12.0. The highest BCUT2D eigenvalue weighted by atomic mass is 35.5. The molecule has 4 aromatic carbocycles. The topological polar surface area (TPSA) is 96.0 Å². The third kappa shape index (κ3) is 9.36. The van der Waals surface area contributed by atoms with E-state index in [1.807, 2.05) is 64.1 Å². The van der Waals surface area contributed by atoms with Gasteiger partial charge in [0.15, 0.2) is 0 Å². The van der Waals surface area contributed by atoms with Crippen molar-refractivity contribution in [3.8, 4) is 5.75 Å². The van der Waals surface area contributed by atoms with Gasteiger partial charge in [-0.25, -0.2) is 8.42 Å². The molecule has 0 heterocycles. The van der Waals surface area contributed by atoms with Crippen LogP contribution < -0.4 is 14.4 Å². The van der Waals surface area contributed by atoms with Gasteiger partial charge in [-0.3, -0.25) is 13.9 Å². The van der Waals surface area contributed by atoms with Crippen LogP contribution in [-0.2, 0) is 32.6 Å². The normalized spacial score (nSPS) is 12.0. The number of nitrogens with zero attached hydrogens (tertiary/aromatic N) is 2. The fraction of sp³-hybridized carbons (Fsp3) is 0.297. The fourth-order valence-corrected chi connectivity index (χ4v) is 6.65. The highest BCUT2D eigenvalue weighted by Crippen LogP contribution is 2.34. The summed E-state index contributed by atoms with van der Waals surface area (Å²) in [7, 11) is -2.81. The van der Waals surface area contributed by atoms with Crippen molar-refractivity contribution in [3.63, 3.8) is 0 Å². The van der Waals surface area contributed by atoms with Gasteiger partial charge < -0.3 is 15.0 Å². The molecule has 0 aromatic heterocycles. The number of carbonyl (C=O) groups excluding carboxylic acids is 2. The molecule has 248 valence electrons. The molecule has 0 saturated heterocycles. The van der Waals surface area contributed by atoms with Crippen LogP contribution in [0.2, 0.25) is 5.02 Å². The number of sulfonamides is 1. The standard InChI is InChI=1S/C37H42ClN3O5S/c1-26(2)23-39-37(43)34(22-29-9-7-6-8-10-29)40(24-30-14-16-31(38)17-15-30)36(42)25-41(33-21-28(4)13-20-35(33)46-5)47(44,45)32-18-11-27(3)12-19-32/h6-21,26,34H,22-25H2,1-5H3,(H,39,43)/t34-/m0/s1. The van der Waals surface area contributed by atoms with Crippen LogP contribution in [0.3, 0.4) is 0 Å². The van der Waals surface area contributed by atoms with Gasteiger partial charge in [0.25, 0.3) is 10.0 Å². The van der Waals surface area contributed by atoms with E-state index in [9.17, 15) is 18.0 Å². The van der Waals surface area contributed by atoms with Crippen LogP contribution in [0, 0.1) is 19.8 Å². The fourth-order valence-electron chi connectivity index (χ4n) is 5.11. The lowest BCUT2D eigenvalue weighted by Gasteiger charge is -2.34. The predicted octanol–water partition coefficient (Wildman–Crippen LogP) is 6.57. The van der Waals surface area contributed by atoms with Crippen molar-refractivity contribution in [3.05, 3.63) is 124 Å². The van der Waals surface area contributed by atoms with Gasteiger partial charge >= 0.3 is 0 Å². The molecule has 0 aliphatic carbocycles. The van der Waals surface area contributed by atoms with Gasteiger partial charge in [0.2, 0.25) is 11.8 Å². The number of ether oxygens (including phenoxy) is 1. The summed E-state index contributed by atoms with van der Waals surface area (Å²) in [5.41, 5.74) is 3.49. The van der Waals surface area contributed by atoms with Crippen LogP contribution in [0.5, 0.6) is 5.75 Å². The van der Waals surface area contributed by atoms with Crippen LogP contribution in [0.1, 0.15) is 36.1 Å². The predicted molar refractivity (Wildman–Crippen MR) is 187 cm³/mol. The van der Waals surface area contributed by atoms with Crippen LogP contribution in [-0.4, -0.2) is 51.4 Å². The second kappa shape index (κ2) is 16.0. The van der Waals surface area contributed by atoms with Gasteiger partial charge in [-0.1, -0.05) is 91.7 Å². The number of benzene rings is 4. The Hall–Kier alpha value is -4.34. The molecule has 0 radical (unpaired) electrons. The van der Waals surface area contributed by atoms with E-state index in [0.29, 0.717) is 17.3 Å². The van der Waals surface area contributed by atoms with Crippen molar-refractivity contribution in [2.45, 2.75) is 51.6 Å². The SMILES string of the molecule is COc1ccc(C)cc1N(CC(=O)N(Cc1ccc(Cl)cc1)[C@@H](Cc1ccccc1)C(=O)NCC(C)C)S(=O)(=O)c1ccc(C)cc1. The third-order valence-corrected chi connectivity index (χ3v) is 9.74. The van der Waals surface area contributed by atoms with Gasteiger partial charge in [0.05, 0.1) is 17.7 Å². The lowest BCUT2D eigenvalue weighted by atomic mass is 10.0. The zero-order valence-corrected chi connectivity index (χ0v) is 29.0. The number of methoxy groups -OCH3 is 1. The molecule has 0 spiro atoms. The van der Waals surface area contributed by atoms with Gasteiger partial charge in [-0.15, -0.1) is 0 Å². The Morgan fingerprint density at radius 2 is 1.49 bits per heavy atom. The Labute approximate surface area is 283 Å². The Balaban J connectivity index is 1.84. The van der Waals surface area contributed by atoms with Crippen LogP contribution in [0.4, 0.5) is 5.69 Å². The first-order valence-electron chi connectivity index (χ1n) is 15.5. The summed E-state index contributed by atoms with van der Waals surface area (Å²) < 4.78 is 35.4. The highest BCUT2D eigenvalue weighted by molar-refractivity contribution is 7.92. The van der Waals surface area contributed by atoms with E-state index >= 15 is 0 Å². The number of amides is 2. The number of nitrogens with one attached hydrogen (secondary N) is 1. The van der Waals surface area contributed by atoms with E-state index in [2.05, 4.69) is 5.32 Å². The molecule has 8 nitrogen and oxygen atoms in total. The molecule has 0 aliphatic heterocycles. The number of anilines is 1. The Bertz CT molecular complexity index is 1760. The van der Waals surface area contributed by atoms with Crippen LogP contribution >= 0.6 is 11.6 Å². The summed E-state index contributed by atoms with van der Waals surface area (Å²) in [4.78, 5) is 30.1. The van der Waals surface area contributed by atoms with Crippen molar-refractivity contribution in [1.29, 1.82) is 0 Å². The number of hydrogen-bond donors (Lipinski definition) is 1. The summed E-state index contributed by atoms with van der Waals surface area (Å²) in [5.74, 6) is -0.412. The smallest absolute Gasteiger partial charge is 0.264 e. The molecule has 0 unspecified atom stereocenters. The van der Waals surface area contributed by atoms with E-state index < -0.39 is 28.5 Å². The maximum absolute atomic E-state index is 14.7. The molecular weight excluding hydrogens is 634 g/mol. The molecular formula is C37H42ClN3O5S. The van der Waals surface area contributed by atoms with Gasteiger partial charge in [0.1, 0.15) is 18.3 Å². The van der Waals surface area contributed by atoms with E-state index in [1.54, 1.807) is 48.5 Å². The number of halogens is 1. The molecule has 4 aromatic rings. The van der Waals surface area contributed by atoms with Gasteiger partial charge in [0, 0.05) is 24.5 Å². The zero-order chi connectivity index (χ0) is 34.1. The summed E-state index contributed by atoms with van der Waals surface area (Å²) in [6, 6.07) is 27.2. The number of hydrogen-bond acceptors (Lipinski definition) is 5. The summed E-state index contributed by atoms with van der Waals surface area (Å²) >= 11 is 6.17. The average Bonchev–Trinajstić information content (AvgIpc) is 3.05. The first kappa shape index (κ1) is 35.5. The largest absolute Gasteiger partial charge is 0.495 e.